The molecule has 0 saturated carbocycles. The number of anilines is 1. The van der Waals surface area contributed by atoms with Crippen LogP contribution in [-0.2, 0) is 19.1 Å². The van der Waals surface area contributed by atoms with Gasteiger partial charge in [-0.1, -0.05) is 30.1 Å². The molecule has 1 aromatic carbocycles. The first-order chi connectivity index (χ1) is 22.4. The largest absolute Gasteiger partial charge is 0.444 e. The van der Waals surface area contributed by atoms with Crippen LogP contribution in [0.5, 0.6) is 0 Å². The minimum Gasteiger partial charge on any atom is -0.444 e. The van der Waals surface area contributed by atoms with Gasteiger partial charge in [0.25, 0.3) is 0 Å². The quantitative estimate of drug-likeness (QED) is 0.315. The molecule has 47 heavy (non-hydrogen) atoms. The van der Waals surface area contributed by atoms with Gasteiger partial charge in [-0.3, -0.25) is 19.5 Å². The highest BCUT2D eigenvalue weighted by molar-refractivity contribution is 6.42. The first-order valence-electron chi connectivity index (χ1n) is 16.7. The van der Waals surface area contributed by atoms with Gasteiger partial charge in [-0.2, -0.15) is 5.10 Å². The smallest absolute Gasteiger partial charge is 0.410 e. The van der Waals surface area contributed by atoms with Gasteiger partial charge in [0.1, 0.15) is 18.0 Å². The summed E-state index contributed by atoms with van der Waals surface area (Å²) in [5.74, 6) is 1.00. The lowest BCUT2D eigenvalue weighted by Gasteiger charge is -2.39. The van der Waals surface area contributed by atoms with Crippen LogP contribution in [0.4, 0.5) is 10.5 Å². The van der Waals surface area contributed by atoms with Crippen molar-refractivity contribution in [3.8, 4) is 0 Å². The van der Waals surface area contributed by atoms with E-state index in [1.165, 1.54) is 0 Å². The lowest BCUT2D eigenvalue weighted by molar-refractivity contribution is -0.126. The van der Waals surface area contributed by atoms with E-state index in [9.17, 15) is 14.4 Å². The number of nitrogens with one attached hydrogen (secondary N) is 2. The van der Waals surface area contributed by atoms with Crippen LogP contribution in [0.25, 0.3) is 0 Å². The lowest BCUT2D eigenvalue weighted by Crippen LogP contribution is -2.51. The van der Waals surface area contributed by atoms with Crippen LogP contribution in [0.2, 0.25) is 10.0 Å². The van der Waals surface area contributed by atoms with E-state index in [-0.39, 0.29) is 36.9 Å². The number of rotatable bonds is 12. The predicted molar refractivity (Wildman–Crippen MR) is 185 cm³/mol. The topological polar surface area (TPSA) is 119 Å². The van der Waals surface area contributed by atoms with Gasteiger partial charge in [-0.15, -0.1) is 0 Å². The van der Waals surface area contributed by atoms with Gasteiger partial charge in [0.05, 0.1) is 28.9 Å². The minimum atomic E-state index is -0.466. The Morgan fingerprint density at radius 3 is 2.38 bits per heavy atom. The molecule has 3 aliphatic rings. The van der Waals surface area contributed by atoms with Gasteiger partial charge >= 0.3 is 6.09 Å². The fourth-order valence-electron chi connectivity index (χ4n) is 5.86. The summed E-state index contributed by atoms with van der Waals surface area (Å²) in [6, 6.07) is 5.32. The highest BCUT2D eigenvalue weighted by Gasteiger charge is 2.28. The van der Waals surface area contributed by atoms with E-state index in [1.54, 1.807) is 17.1 Å². The highest BCUT2D eigenvalue weighted by Crippen LogP contribution is 2.29. The van der Waals surface area contributed by atoms with E-state index in [2.05, 4.69) is 25.5 Å². The van der Waals surface area contributed by atoms with E-state index < -0.39 is 5.60 Å². The molecular formula is C33H51Cl2N7O5. The van der Waals surface area contributed by atoms with Crippen molar-refractivity contribution < 1.29 is 23.9 Å². The summed E-state index contributed by atoms with van der Waals surface area (Å²) in [4.78, 5) is 43.7. The summed E-state index contributed by atoms with van der Waals surface area (Å²) in [5.41, 5.74) is 0.345. The Hall–Kier alpha value is -2.64. The van der Waals surface area contributed by atoms with E-state index in [0.29, 0.717) is 61.0 Å². The van der Waals surface area contributed by atoms with Gasteiger partial charge in [0, 0.05) is 58.2 Å². The second-order valence-corrected chi connectivity index (χ2v) is 14.5. The Bertz CT molecular complexity index is 1240. The van der Waals surface area contributed by atoms with E-state index in [1.807, 2.05) is 38.7 Å². The molecule has 1 atom stereocenters. The number of ether oxygens (including phenoxy) is 2. The predicted octanol–water partition coefficient (Wildman–Crippen LogP) is 4.06. The lowest BCUT2D eigenvalue weighted by atomic mass is 9.96. The molecule has 1 unspecified atom stereocenters. The third kappa shape index (κ3) is 12.4. The Morgan fingerprint density at radius 2 is 1.70 bits per heavy atom. The van der Waals surface area contributed by atoms with Gasteiger partial charge in [0.2, 0.25) is 11.8 Å². The Labute approximate surface area is 289 Å². The number of hydrazone groups is 1. The number of benzene rings is 1. The molecule has 3 aliphatic heterocycles. The van der Waals surface area contributed by atoms with Gasteiger partial charge < -0.3 is 29.9 Å². The van der Waals surface area contributed by atoms with Crippen molar-refractivity contribution in [2.45, 2.75) is 59.0 Å². The molecule has 0 aliphatic carbocycles. The van der Waals surface area contributed by atoms with Crippen molar-refractivity contribution in [3.63, 3.8) is 0 Å². The maximum absolute atomic E-state index is 12.5. The third-order valence-corrected chi connectivity index (χ3v) is 9.29. The van der Waals surface area contributed by atoms with Crippen LogP contribution >= 0.6 is 23.2 Å². The van der Waals surface area contributed by atoms with Crippen molar-refractivity contribution in [2.75, 3.05) is 83.7 Å². The molecule has 2 fully saturated rings. The van der Waals surface area contributed by atoms with Crippen molar-refractivity contribution in [1.82, 2.24) is 25.3 Å². The molecule has 2 N–H and O–H groups in total. The SMILES string of the molecule is CC1CN(c2ccc(Cl)c(Cl)c2)N=C1NC(=O)CCCNC(=O)COCCN1CCC(CN2CCN(C(=O)OC(C)(C)C)CC2)CC1. The second-order valence-electron chi connectivity index (χ2n) is 13.7. The zero-order chi connectivity index (χ0) is 34.0. The molecule has 0 aromatic heterocycles. The molecule has 1 aromatic rings. The number of carbonyl (C=O) groups excluding carboxylic acids is 3. The second kappa shape index (κ2) is 17.7. The molecule has 14 heteroatoms. The standard InChI is InChI=1S/C33H51Cl2N7O5/c1-24-21-42(26-7-8-27(34)28(35)20-26)38-31(24)37-29(43)6-5-11-36-30(44)23-46-19-18-39-12-9-25(10-13-39)22-40-14-16-41(17-15-40)32(45)47-33(2,3)4/h7-8,20,24-25H,5-6,9-19,21-23H2,1-4H3,(H,36,44)(H,37,38,43). The van der Waals surface area contributed by atoms with Crippen LogP contribution < -0.4 is 15.6 Å². The number of amides is 3. The summed E-state index contributed by atoms with van der Waals surface area (Å²) in [6.07, 6.45) is 2.86. The number of amidine groups is 1. The van der Waals surface area contributed by atoms with Gasteiger partial charge in [-0.25, -0.2) is 4.79 Å². The van der Waals surface area contributed by atoms with Crippen molar-refractivity contribution in [2.24, 2.45) is 16.9 Å². The molecule has 12 nitrogen and oxygen atoms in total. The molecule has 0 spiro atoms. The maximum Gasteiger partial charge on any atom is 0.410 e. The number of halogens is 2. The molecule has 4 rings (SSSR count). The first-order valence-corrected chi connectivity index (χ1v) is 17.5. The van der Waals surface area contributed by atoms with Gasteiger partial charge in [-0.05, 0) is 77.2 Å². The average Bonchev–Trinajstić information content (AvgIpc) is 3.38. The number of piperazine rings is 1. The van der Waals surface area contributed by atoms with Crippen LogP contribution in [-0.4, -0.2) is 123 Å². The molecule has 3 heterocycles. The Morgan fingerprint density at radius 1 is 0.979 bits per heavy atom. The number of hydrogen-bond donors (Lipinski definition) is 2. The zero-order valence-corrected chi connectivity index (χ0v) is 29.7. The molecule has 3 amide bonds. The Kier molecular flexibility index (Phi) is 14.0. The van der Waals surface area contributed by atoms with E-state index >= 15 is 0 Å². The first kappa shape index (κ1) is 37.2. The highest BCUT2D eigenvalue weighted by atomic mass is 35.5. The molecule has 0 bridgehead atoms. The zero-order valence-electron chi connectivity index (χ0n) is 28.2. The summed E-state index contributed by atoms with van der Waals surface area (Å²) in [7, 11) is 0. The third-order valence-electron chi connectivity index (χ3n) is 8.55. The normalized spacial score (nSPS) is 19.9. The van der Waals surface area contributed by atoms with Crippen LogP contribution in [0.3, 0.4) is 0 Å². The van der Waals surface area contributed by atoms with Crippen molar-refractivity contribution >= 4 is 52.6 Å². The van der Waals surface area contributed by atoms with Crippen molar-refractivity contribution in [3.05, 3.63) is 28.2 Å². The van der Waals surface area contributed by atoms with Crippen LogP contribution in [0.15, 0.2) is 23.3 Å². The number of piperidine rings is 1. The minimum absolute atomic E-state index is 0.0107. The summed E-state index contributed by atoms with van der Waals surface area (Å²) in [5, 5.41) is 13.0. The van der Waals surface area contributed by atoms with E-state index in [0.717, 1.165) is 57.8 Å². The number of likely N-dealkylation sites (tertiary alicyclic amines) is 1. The molecular weight excluding hydrogens is 645 g/mol. The van der Waals surface area contributed by atoms with E-state index in [4.69, 9.17) is 32.7 Å². The molecule has 0 radical (unpaired) electrons. The summed E-state index contributed by atoms with van der Waals surface area (Å²) < 4.78 is 11.1. The Balaban J connectivity index is 1.000. The van der Waals surface area contributed by atoms with Crippen molar-refractivity contribution in [1.29, 1.82) is 0 Å². The van der Waals surface area contributed by atoms with Gasteiger partial charge in [0.15, 0.2) is 0 Å². The number of hydrogen-bond acceptors (Lipinski definition) is 9. The number of carbonyl (C=O) groups is 3. The van der Waals surface area contributed by atoms with Crippen LogP contribution in [0.1, 0.15) is 53.4 Å². The summed E-state index contributed by atoms with van der Waals surface area (Å²) in [6.45, 7) is 16.4. The fourth-order valence-corrected chi connectivity index (χ4v) is 6.15. The fraction of sp³-hybridized carbons (Fsp3) is 0.697. The average molecular weight is 697 g/mol. The molecule has 262 valence electrons. The molecule has 2 saturated heterocycles. The van der Waals surface area contributed by atoms with Crippen LogP contribution in [0, 0.1) is 11.8 Å². The number of nitrogens with zero attached hydrogens (tertiary/aromatic N) is 5. The maximum atomic E-state index is 12.5. The summed E-state index contributed by atoms with van der Waals surface area (Å²) >= 11 is 12.1. The monoisotopic (exact) mass is 695 g/mol.